The van der Waals surface area contributed by atoms with Gasteiger partial charge in [0.2, 0.25) is 0 Å². The molecule has 6 heteroatoms. The predicted octanol–water partition coefficient (Wildman–Crippen LogP) is 5.12. The van der Waals surface area contributed by atoms with Crippen molar-refractivity contribution in [2.75, 3.05) is 5.32 Å². The first kappa shape index (κ1) is 16.2. The van der Waals surface area contributed by atoms with Gasteiger partial charge in [-0.2, -0.15) is 0 Å². The van der Waals surface area contributed by atoms with Crippen molar-refractivity contribution in [1.29, 1.82) is 0 Å². The van der Waals surface area contributed by atoms with Gasteiger partial charge in [-0.05, 0) is 54.6 Å². The monoisotopic (exact) mass is 363 g/mol. The second kappa shape index (κ2) is 6.54. The lowest BCUT2D eigenvalue weighted by atomic mass is 10.1. The van der Waals surface area contributed by atoms with E-state index >= 15 is 0 Å². The molecule has 2 aromatic carbocycles. The van der Waals surface area contributed by atoms with E-state index in [1.54, 1.807) is 24.5 Å². The Morgan fingerprint density at radius 1 is 1.12 bits per heavy atom. The molecule has 4 aromatic rings. The van der Waals surface area contributed by atoms with Crippen LogP contribution in [-0.4, -0.2) is 20.6 Å². The number of nitrogens with one attached hydrogen (secondary N) is 1. The molecule has 0 saturated heterocycles. The summed E-state index contributed by atoms with van der Waals surface area (Å²) in [5.74, 6) is -1.03. The Kier molecular flexibility index (Phi) is 4.07. The number of aromatic nitrogens is 2. The number of aromatic carboxylic acids is 1. The Bertz CT molecular complexity index is 1110. The highest BCUT2D eigenvalue weighted by molar-refractivity contribution is 6.31. The molecule has 0 amide bonds. The van der Waals surface area contributed by atoms with E-state index in [0.717, 1.165) is 22.3 Å². The molecule has 0 aliphatic rings. The van der Waals surface area contributed by atoms with Crippen molar-refractivity contribution >= 4 is 39.8 Å². The number of carbonyl (C=O) groups is 1. The van der Waals surface area contributed by atoms with Crippen LogP contribution in [0.2, 0.25) is 5.02 Å². The largest absolute Gasteiger partial charge is 0.478 e. The van der Waals surface area contributed by atoms with Crippen LogP contribution in [0.5, 0.6) is 0 Å². The highest BCUT2D eigenvalue weighted by Gasteiger charge is 2.11. The van der Waals surface area contributed by atoms with E-state index in [0.29, 0.717) is 10.7 Å². The molecular formula is C20H14ClN3O2. The van der Waals surface area contributed by atoms with Crippen molar-refractivity contribution in [3.63, 3.8) is 0 Å². The summed E-state index contributed by atoms with van der Waals surface area (Å²) < 4.78 is 2.05. The van der Waals surface area contributed by atoms with Crippen LogP contribution in [-0.2, 0) is 0 Å². The fraction of sp³-hybridized carbons (Fsp3) is 0. The zero-order valence-electron chi connectivity index (χ0n) is 13.6. The summed E-state index contributed by atoms with van der Waals surface area (Å²) in [5, 5.41) is 13.9. The van der Waals surface area contributed by atoms with Crippen molar-refractivity contribution in [1.82, 2.24) is 9.55 Å². The summed E-state index contributed by atoms with van der Waals surface area (Å²) >= 11 is 5.90. The van der Waals surface area contributed by atoms with Gasteiger partial charge in [0.1, 0.15) is 0 Å². The Morgan fingerprint density at radius 3 is 2.77 bits per heavy atom. The van der Waals surface area contributed by atoms with E-state index in [4.69, 9.17) is 11.6 Å². The van der Waals surface area contributed by atoms with Crippen LogP contribution < -0.4 is 5.32 Å². The smallest absolute Gasteiger partial charge is 0.337 e. The molecule has 0 aliphatic heterocycles. The first-order chi connectivity index (χ1) is 12.6. The quantitative estimate of drug-likeness (QED) is 0.528. The van der Waals surface area contributed by atoms with Crippen LogP contribution in [0.4, 0.5) is 11.4 Å². The molecule has 5 nitrogen and oxygen atoms in total. The second-order valence-electron chi connectivity index (χ2n) is 5.79. The van der Waals surface area contributed by atoms with E-state index in [9.17, 15) is 9.90 Å². The van der Waals surface area contributed by atoms with Crippen molar-refractivity contribution < 1.29 is 9.90 Å². The summed E-state index contributed by atoms with van der Waals surface area (Å²) in [6, 6.07) is 16.5. The number of rotatable bonds is 4. The van der Waals surface area contributed by atoms with E-state index in [1.807, 2.05) is 42.6 Å². The predicted molar refractivity (Wildman–Crippen MR) is 103 cm³/mol. The standard InChI is InChI=1S/C20H14ClN3O2/c21-14-3-5-18(17(11-14)20(25)26)23-15-4-6-19-13(10-15)7-9-24(19)16-2-1-8-22-12-16/h1-12,23H,(H,25,26). The van der Waals surface area contributed by atoms with Gasteiger partial charge >= 0.3 is 5.97 Å². The molecule has 4 rings (SSSR count). The molecule has 0 unspecified atom stereocenters. The van der Waals surface area contributed by atoms with Crippen LogP contribution in [0, 0.1) is 0 Å². The highest BCUT2D eigenvalue weighted by Crippen LogP contribution is 2.28. The number of hydrogen-bond acceptors (Lipinski definition) is 3. The average Bonchev–Trinajstić information content (AvgIpc) is 3.07. The third-order valence-electron chi connectivity index (χ3n) is 4.11. The van der Waals surface area contributed by atoms with E-state index in [-0.39, 0.29) is 5.56 Å². The molecule has 0 saturated carbocycles. The third-order valence-corrected chi connectivity index (χ3v) is 4.34. The van der Waals surface area contributed by atoms with Crippen LogP contribution in [0.25, 0.3) is 16.6 Å². The number of fused-ring (bicyclic) bond motifs is 1. The molecule has 128 valence electrons. The van der Waals surface area contributed by atoms with Gasteiger partial charge in [-0.15, -0.1) is 0 Å². The third kappa shape index (κ3) is 3.00. The summed E-state index contributed by atoms with van der Waals surface area (Å²) in [6.07, 6.45) is 5.53. The second-order valence-corrected chi connectivity index (χ2v) is 6.23. The first-order valence-electron chi connectivity index (χ1n) is 7.93. The lowest BCUT2D eigenvalue weighted by Gasteiger charge is -2.11. The summed E-state index contributed by atoms with van der Waals surface area (Å²) in [6.45, 7) is 0. The van der Waals surface area contributed by atoms with Gasteiger partial charge in [0.15, 0.2) is 0 Å². The van der Waals surface area contributed by atoms with E-state index in [1.165, 1.54) is 6.07 Å². The minimum atomic E-state index is -1.03. The Labute approximate surface area is 154 Å². The molecule has 0 fully saturated rings. The lowest BCUT2D eigenvalue weighted by Crippen LogP contribution is -2.02. The molecule has 0 aliphatic carbocycles. The zero-order chi connectivity index (χ0) is 18.1. The van der Waals surface area contributed by atoms with Crippen LogP contribution in [0.1, 0.15) is 10.4 Å². The lowest BCUT2D eigenvalue weighted by molar-refractivity contribution is 0.0698. The van der Waals surface area contributed by atoms with Crippen molar-refractivity contribution in [3.05, 3.63) is 83.8 Å². The van der Waals surface area contributed by atoms with Gasteiger partial charge in [0.25, 0.3) is 0 Å². The van der Waals surface area contributed by atoms with Gasteiger partial charge in [0.05, 0.1) is 28.7 Å². The number of hydrogen-bond donors (Lipinski definition) is 2. The topological polar surface area (TPSA) is 67.2 Å². The average molecular weight is 364 g/mol. The highest BCUT2D eigenvalue weighted by atomic mass is 35.5. The fourth-order valence-electron chi connectivity index (χ4n) is 2.90. The number of pyridine rings is 1. The number of nitrogens with zero attached hydrogens (tertiary/aromatic N) is 2. The molecule has 2 heterocycles. The van der Waals surface area contributed by atoms with Crippen molar-refractivity contribution in [3.8, 4) is 5.69 Å². The molecule has 26 heavy (non-hydrogen) atoms. The Morgan fingerprint density at radius 2 is 2.00 bits per heavy atom. The Hall–Kier alpha value is -3.31. The van der Waals surface area contributed by atoms with Crippen LogP contribution in [0.3, 0.4) is 0 Å². The van der Waals surface area contributed by atoms with E-state index in [2.05, 4.69) is 14.9 Å². The number of carboxylic acids is 1. The minimum Gasteiger partial charge on any atom is -0.478 e. The summed E-state index contributed by atoms with van der Waals surface area (Å²) in [4.78, 5) is 15.6. The maximum absolute atomic E-state index is 11.4. The van der Waals surface area contributed by atoms with Gasteiger partial charge < -0.3 is 15.0 Å². The fourth-order valence-corrected chi connectivity index (χ4v) is 3.07. The first-order valence-corrected chi connectivity index (χ1v) is 8.31. The normalized spacial score (nSPS) is 10.8. The van der Waals surface area contributed by atoms with E-state index < -0.39 is 5.97 Å². The van der Waals surface area contributed by atoms with Crippen LogP contribution in [0.15, 0.2) is 73.2 Å². The number of benzene rings is 2. The zero-order valence-corrected chi connectivity index (χ0v) is 14.3. The molecule has 0 bridgehead atoms. The molecule has 2 N–H and O–H groups in total. The maximum Gasteiger partial charge on any atom is 0.337 e. The molecule has 0 radical (unpaired) electrons. The molecule has 0 spiro atoms. The maximum atomic E-state index is 11.4. The SMILES string of the molecule is O=C(O)c1cc(Cl)ccc1Nc1ccc2c(ccn2-c2cccnc2)c1. The van der Waals surface area contributed by atoms with Crippen LogP contribution >= 0.6 is 11.6 Å². The van der Waals surface area contributed by atoms with Crippen molar-refractivity contribution in [2.45, 2.75) is 0 Å². The minimum absolute atomic E-state index is 0.130. The molecular weight excluding hydrogens is 350 g/mol. The summed E-state index contributed by atoms with van der Waals surface area (Å²) in [5.41, 5.74) is 3.44. The van der Waals surface area contributed by atoms with Crippen molar-refractivity contribution in [2.24, 2.45) is 0 Å². The van der Waals surface area contributed by atoms with Gasteiger partial charge in [-0.3, -0.25) is 4.98 Å². The molecule has 0 atom stereocenters. The number of anilines is 2. The van der Waals surface area contributed by atoms with Gasteiger partial charge in [-0.1, -0.05) is 11.6 Å². The number of carboxylic acid groups (broad SMARTS) is 1. The summed E-state index contributed by atoms with van der Waals surface area (Å²) in [7, 11) is 0. The Balaban J connectivity index is 1.71. The number of halogens is 1. The van der Waals surface area contributed by atoms with Gasteiger partial charge in [-0.25, -0.2) is 4.79 Å². The molecule has 2 aromatic heterocycles. The van der Waals surface area contributed by atoms with Gasteiger partial charge in [0, 0.05) is 28.5 Å².